The van der Waals surface area contributed by atoms with E-state index >= 15 is 0 Å². The summed E-state index contributed by atoms with van der Waals surface area (Å²) in [5.41, 5.74) is 3.12. The largest absolute Gasteiger partial charge is 0.306 e. The van der Waals surface area contributed by atoms with E-state index in [1.165, 1.54) is 5.56 Å². The minimum Gasteiger partial charge on any atom is -0.306 e. The van der Waals surface area contributed by atoms with Gasteiger partial charge in [0, 0.05) is 25.2 Å². The first-order chi connectivity index (χ1) is 10.8. The fourth-order valence-corrected chi connectivity index (χ4v) is 4.13. The van der Waals surface area contributed by atoms with Crippen LogP contribution in [0.2, 0.25) is 0 Å². The van der Waals surface area contributed by atoms with Crippen LogP contribution in [-0.4, -0.2) is 21.4 Å². The second-order valence-electron chi connectivity index (χ2n) is 5.41. The van der Waals surface area contributed by atoms with Crippen LogP contribution in [0.4, 0.5) is 0 Å². The number of hydrogen-bond acceptors (Lipinski definition) is 5. The molecule has 0 fully saturated rings. The van der Waals surface area contributed by atoms with Gasteiger partial charge in [-0.15, -0.1) is 11.3 Å². The van der Waals surface area contributed by atoms with Crippen LogP contribution in [0.25, 0.3) is 10.7 Å². The standard InChI is InChI=1S/C16H15N3OS2/c20-16-12-3-5-19(8-11-4-7-21-10-11)9-13(12)17-15(18-16)14-2-1-6-22-14/h1-2,4,6-7,10H,3,5,8-9H2,(H,17,18,20). The Kier molecular flexibility index (Phi) is 3.65. The summed E-state index contributed by atoms with van der Waals surface area (Å²) in [6, 6.07) is 6.12. The molecule has 0 unspecified atom stereocenters. The first kappa shape index (κ1) is 13.9. The van der Waals surface area contributed by atoms with E-state index in [-0.39, 0.29) is 5.56 Å². The zero-order valence-electron chi connectivity index (χ0n) is 11.9. The predicted octanol–water partition coefficient (Wildman–Crippen LogP) is 3.12. The highest BCUT2D eigenvalue weighted by atomic mass is 32.1. The average Bonchev–Trinajstić information content (AvgIpc) is 3.20. The van der Waals surface area contributed by atoms with Gasteiger partial charge in [-0.25, -0.2) is 4.98 Å². The zero-order chi connectivity index (χ0) is 14.9. The lowest BCUT2D eigenvalue weighted by atomic mass is 10.1. The molecule has 1 N–H and O–H groups in total. The van der Waals surface area contributed by atoms with Gasteiger partial charge in [0.25, 0.3) is 5.56 Å². The Morgan fingerprint density at radius 2 is 2.27 bits per heavy atom. The topological polar surface area (TPSA) is 49.0 Å². The SMILES string of the molecule is O=c1[nH]c(-c2cccs2)nc2c1CCN(Cc1ccsc1)C2. The van der Waals surface area contributed by atoms with E-state index in [1.54, 1.807) is 22.7 Å². The molecule has 3 aromatic heterocycles. The van der Waals surface area contributed by atoms with Gasteiger partial charge in [0.2, 0.25) is 0 Å². The van der Waals surface area contributed by atoms with Crippen molar-refractivity contribution in [2.75, 3.05) is 6.54 Å². The first-order valence-corrected chi connectivity index (χ1v) is 9.01. The van der Waals surface area contributed by atoms with Gasteiger partial charge in [-0.05, 0) is 40.3 Å². The third-order valence-corrected chi connectivity index (χ3v) is 5.50. The Morgan fingerprint density at radius 3 is 3.05 bits per heavy atom. The van der Waals surface area contributed by atoms with E-state index in [9.17, 15) is 4.79 Å². The van der Waals surface area contributed by atoms with Crippen LogP contribution in [0.5, 0.6) is 0 Å². The van der Waals surface area contributed by atoms with Crippen molar-refractivity contribution in [1.29, 1.82) is 0 Å². The second kappa shape index (κ2) is 5.79. The van der Waals surface area contributed by atoms with E-state index in [1.807, 2.05) is 17.5 Å². The zero-order valence-corrected chi connectivity index (χ0v) is 13.5. The molecule has 22 heavy (non-hydrogen) atoms. The van der Waals surface area contributed by atoms with Crippen LogP contribution < -0.4 is 5.56 Å². The average molecular weight is 329 g/mol. The van der Waals surface area contributed by atoms with Crippen molar-refractivity contribution < 1.29 is 0 Å². The lowest BCUT2D eigenvalue weighted by Gasteiger charge is -2.27. The minimum absolute atomic E-state index is 0.0172. The summed E-state index contributed by atoms with van der Waals surface area (Å²) in [5.74, 6) is 0.691. The van der Waals surface area contributed by atoms with Crippen molar-refractivity contribution in [3.63, 3.8) is 0 Å². The summed E-state index contributed by atoms with van der Waals surface area (Å²) in [4.78, 5) is 23.3. The molecule has 3 aromatic rings. The minimum atomic E-state index is 0.0172. The molecule has 1 aliphatic heterocycles. The van der Waals surface area contributed by atoms with Crippen LogP contribution in [0.15, 0.2) is 39.1 Å². The first-order valence-electron chi connectivity index (χ1n) is 7.19. The number of fused-ring (bicyclic) bond motifs is 1. The lowest BCUT2D eigenvalue weighted by molar-refractivity contribution is 0.241. The molecule has 0 aromatic carbocycles. The summed E-state index contributed by atoms with van der Waals surface area (Å²) in [5, 5.41) is 6.28. The van der Waals surface area contributed by atoms with Crippen molar-refractivity contribution in [2.45, 2.75) is 19.5 Å². The molecule has 1 aliphatic rings. The third-order valence-electron chi connectivity index (χ3n) is 3.89. The van der Waals surface area contributed by atoms with Crippen molar-refractivity contribution in [3.8, 4) is 10.7 Å². The molecule has 4 nitrogen and oxygen atoms in total. The normalized spacial score (nSPS) is 14.9. The van der Waals surface area contributed by atoms with Crippen molar-refractivity contribution >= 4 is 22.7 Å². The van der Waals surface area contributed by atoms with Crippen LogP contribution >= 0.6 is 22.7 Å². The van der Waals surface area contributed by atoms with Gasteiger partial charge in [0.15, 0.2) is 5.82 Å². The predicted molar refractivity (Wildman–Crippen MR) is 90.3 cm³/mol. The smallest absolute Gasteiger partial charge is 0.254 e. The van der Waals surface area contributed by atoms with E-state index in [0.717, 1.165) is 42.2 Å². The van der Waals surface area contributed by atoms with Crippen molar-refractivity contribution in [2.24, 2.45) is 0 Å². The molecular weight excluding hydrogens is 314 g/mol. The van der Waals surface area contributed by atoms with E-state index in [4.69, 9.17) is 4.98 Å². The van der Waals surface area contributed by atoms with Crippen LogP contribution in [0.3, 0.4) is 0 Å². The molecule has 112 valence electrons. The molecule has 0 bridgehead atoms. The molecule has 6 heteroatoms. The highest BCUT2D eigenvalue weighted by Crippen LogP contribution is 2.23. The molecule has 0 saturated heterocycles. The van der Waals surface area contributed by atoms with Gasteiger partial charge < -0.3 is 4.98 Å². The maximum absolute atomic E-state index is 12.3. The molecule has 0 amide bonds. The number of H-pyrrole nitrogens is 1. The van der Waals surface area contributed by atoms with Crippen LogP contribution in [-0.2, 0) is 19.5 Å². The number of aromatic nitrogens is 2. The molecule has 0 saturated carbocycles. The molecule has 4 rings (SSSR count). The second-order valence-corrected chi connectivity index (χ2v) is 7.14. The molecule has 0 aliphatic carbocycles. The maximum atomic E-state index is 12.3. The lowest BCUT2D eigenvalue weighted by Crippen LogP contribution is -2.34. The van der Waals surface area contributed by atoms with Crippen molar-refractivity contribution in [3.05, 3.63) is 61.5 Å². The summed E-state index contributed by atoms with van der Waals surface area (Å²) in [6.07, 6.45) is 0.770. The number of hydrogen-bond donors (Lipinski definition) is 1. The number of nitrogens with one attached hydrogen (secondary N) is 1. The Morgan fingerprint density at radius 1 is 1.32 bits per heavy atom. The Balaban J connectivity index is 1.64. The number of aromatic amines is 1. The van der Waals surface area contributed by atoms with E-state index in [0.29, 0.717) is 5.82 Å². The number of nitrogens with zero attached hydrogens (tertiary/aromatic N) is 2. The summed E-state index contributed by atoms with van der Waals surface area (Å²) < 4.78 is 0. The summed E-state index contributed by atoms with van der Waals surface area (Å²) in [7, 11) is 0. The van der Waals surface area contributed by atoms with Gasteiger partial charge >= 0.3 is 0 Å². The van der Waals surface area contributed by atoms with Gasteiger partial charge in [-0.1, -0.05) is 6.07 Å². The van der Waals surface area contributed by atoms with Crippen LogP contribution in [0.1, 0.15) is 16.8 Å². The fraction of sp³-hybridized carbons (Fsp3) is 0.250. The third kappa shape index (κ3) is 2.65. The highest BCUT2D eigenvalue weighted by Gasteiger charge is 2.21. The molecule has 0 spiro atoms. The molecule has 0 radical (unpaired) electrons. The van der Waals surface area contributed by atoms with Gasteiger partial charge in [-0.2, -0.15) is 11.3 Å². The number of thiophene rings is 2. The van der Waals surface area contributed by atoms with E-state index < -0.39 is 0 Å². The van der Waals surface area contributed by atoms with E-state index in [2.05, 4.69) is 26.7 Å². The Hall–Kier alpha value is -1.76. The molecular formula is C16H15N3OS2. The Bertz CT molecular complexity index is 822. The number of rotatable bonds is 3. The van der Waals surface area contributed by atoms with Crippen molar-refractivity contribution in [1.82, 2.24) is 14.9 Å². The summed E-state index contributed by atoms with van der Waals surface area (Å²) >= 11 is 3.32. The quantitative estimate of drug-likeness (QED) is 0.803. The fourth-order valence-electron chi connectivity index (χ4n) is 2.80. The summed E-state index contributed by atoms with van der Waals surface area (Å²) in [6.45, 7) is 2.57. The van der Waals surface area contributed by atoms with Gasteiger partial charge in [0.1, 0.15) is 0 Å². The van der Waals surface area contributed by atoms with Gasteiger partial charge in [-0.3, -0.25) is 9.69 Å². The van der Waals surface area contributed by atoms with Crippen LogP contribution in [0, 0.1) is 0 Å². The Labute approximate surface area is 136 Å². The molecule has 0 atom stereocenters. The molecule has 4 heterocycles. The monoisotopic (exact) mass is 329 g/mol. The highest BCUT2D eigenvalue weighted by molar-refractivity contribution is 7.13. The maximum Gasteiger partial charge on any atom is 0.254 e. The van der Waals surface area contributed by atoms with Gasteiger partial charge in [0.05, 0.1) is 10.6 Å².